The maximum Gasteiger partial charge on any atom is 0.490 e. The Labute approximate surface area is 224 Å². The lowest BCUT2D eigenvalue weighted by atomic mass is 9.93. The molecule has 1 atom stereocenters. The van der Waals surface area contributed by atoms with Gasteiger partial charge in [0.1, 0.15) is 11.1 Å². The van der Waals surface area contributed by atoms with Gasteiger partial charge in [0.05, 0.1) is 29.9 Å². The Morgan fingerprint density at radius 2 is 2.05 bits per heavy atom. The molecule has 0 aliphatic heterocycles. The third-order valence-electron chi connectivity index (χ3n) is 6.23. The highest BCUT2D eigenvalue weighted by Gasteiger charge is 2.38. The molecule has 1 amide bonds. The van der Waals surface area contributed by atoms with Gasteiger partial charge in [-0.3, -0.25) is 9.48 Å². The first-order valence-electron chi connectivity index (χ1n) is 12.0. The number of nitrogens with one attached hydrogen (secondary N) is 1. The number of fused-ring (bicyclic) bond motifs is 2. The topological polar surface area (TPSA) is 150 Å². The first-order valence-corrected chi connectivity index (χ1v) is 12.3. The Morgan fingerprint density at radius 1 is 1.36 bits per heavy atom. The van der Waals surface area contributed by atoms with Crippen LogP contribution in [0.3, 0.4) is 0 Å². The van der Waals surface area contributed by atoms with Crippen LogP contribution in [0.5, 0.6) is 5.75 Å². The van der Waals surface area contributed by atoms with Crippen LogP contribution in [-0.2, 0) is 4.79 Å². The third kappa shape index (κ3) is 5.55. The van der Waals surface area contributed by atoms with Crippen LogP contribution in [0.2, 0.25) is 5.02 Å². The average Bonchev–Trinajstić information content (AvgIpc) is 3.40. The minimum Gasteiger partial charge on any atom is -0.491 e. The summed E-state index contributed by atoms with van der Waals surface area (Å²) in [5, 5.41) is 20.3. The molecule has 4 N–H and O–H groups in total. The van der Waals surface area contributed by atoms with E-state index in [1.807, 2.05) is 24.6 Å². The van der Waals surface area contributed by atoms with Gasteiger partial charge < -0.3 is 20.9 Å². The summed E-state index contributed by atoms with van der Waals surface area (Å²) in [5.41, 5.74) is 8.30. The first-order chi connectivity index (χ1) is 18.4. The minimum absolute atomic E-state index is 0.120. The molecule has 0 bridgehead atoms. The smallest absolute Gasteiger partial charge is 0.490 e. The standard InChI is InChI=1S/C22H24ClN7O2.C2HF3O2/c1-3-32-19-14(10-16(23)15-11-26-30(18(15)19)13-6-4-7-13)12(2)27-22(31)17-20(24)28-29-9-5-8-25-21(17)29;3-2(4,5)1(6)7/h5,8-13H,3-4,6-7H2,1-2H3,(H2,24,28)(H,27,31);(H,6,7). The second kappa shape index (κ2) is 11.0. The average molecular weight is 568 g/mol. The molecule has 0 spiro atoms. The number of aliphatic carboxylic acids is 1. The van der Waals surface area contributed by atoms with Crippen LogP contribution in [0.1, 0.15) is 61.1 Å². The van der Waals surface area contributed by atoms with Crippen LogP contribution in [0.15, 0.2) is 30.7 Å². The van der Waals surface area contributed by atoms with Crippen LogP contribution >= 0.6 is 11.6 Å². The number of benzene rings is 1. The molecule has 11 nitrogen and oxygen atoms in total. The number of aromatic nitrogens is 5. The van der Waals surface area contributed by atoms with Crippen molar-refractivity contribution in [1.82, 2.24) is 29.7 Å². The van der Waals surface area contributed by atoms with Crippen molar-refractivity contribution in [3.63, 3.8) is 0 Å². The molecule has 1 saturated carbocycles. The van der Waals surface area contributed by atoms with Gasteiger partial charge in [-0.05, 0) is 45.2 Å². The van der Waals surface area contributed by atoms with Gasteiger partial charge >= 0.3 is 12.1 Å². The predicted molar refractivity (Wildman–Crippen MR) is 136 cm³/mol. The molecule has 3 aromatic heterocycles. The second-order valence-corrected chi connectivity index (χ2v) is 9.20. The number of rotatable bonds is 6. The van der Waals surface area contributed by atoms with Gasteiger partial charge in [0, 0.05) is 23.3 Å². The molecule has 5 rings (SSSR count). The summed E-state index contributed by atoms with van der Waals surface area (Å²) in [6, 6.07) is 3.49. The maximum absolute atomic E-state index is 13.1. The normalized spacial score (nSPS) is 14.4. The van der Waals surface area contributed by atoms with E-state index in [-0.39, 0.29) is 17.3 Å². The number of hydrogen-bond acceptors (Lipinski definition) is 7. The summed E-state index contributed by atoms with van der Waals surface area (Å²) < 4.78 is 41.3. The second-order valence-electron chi connectivity index (χ2n) is 8.79. The van der Waals surface area contributed by atoms with Gasteiger partial charge in [-0.2, -0.15) is 18.3 Å². The van der Waals surface area contributed by atoms with E-state index in [4.69, 9.17) is 32.0 Å². The van der Waals surface area contributed by atoms with Gasteiger partial charge in [-0.15, -0.1) is 5.10 Å². The summed E-state index contributed by atoms with van der Waals surface area (Å²) in [6.07, 6.45) is 3.34. The van der Waals surface area contributed by atoms with Crippen LogP contribution < -0.4 is 15.8 Å². The molecule has 1 aliphatic carbocycles. The number of hydrogen-bond donors (Lipinski definition) is 3. The number of halogens is 4. The number of anilines is 1. The van der Waals surface area contributed by atoms with E-state index >= 15 is 0 Å². The monoisotopic (exact) mass is 567 g/mol. The predicted octanol–water partition coefficient (Wildman–Crippen LogP) is 4.56. The van der Waals surface area contributed by atoms with E-state index in [9.17, 15) is 18.0 Å². The van der Waals surface area contributed by atoms with Gasteiger partial charge in [-0.25, -0.2) is 14.3 Å². The van der Waals surface area contributed by atoms with Crippen molar-refractivity contribution < 1.29 is 32.6 Å². The van der Waals surface area contributed by atoms with E-state index in [0.29, 0.717) is 29.1 Å². The molecular formula is C24H25ClF3N7O4. The zero-order chi connectivity index (χ0) is 28.5. The number of alkyl halides is 3. The largest absolute Gasteiger partial charge is 0.491 e. The number of nitrogen functional groups attached to an aromatic ring is 1. The summed E-state index contributed by atoms with van der Waals surface area (Å²) in [4.78, 5) is 26.3. The Hall–Kier alpha value is -4.07. The Morgan fingerprint density at radius 3 is 2.64 bits per heavy atom. The van der Waals surface area contributed by atoms with Crippen molar-refractivity contribution in [2.75, 3.05) is 12.3 Å². The lowest BCUT2D eigenvalue weighted by Crippen LogP contribution is -2.28. The van der Waals surface area contributed by atoms with E-state index in [2.05, 4.69) is 20.5 Å². The highest BCUT2D eigenvalue weighted by molar-refractivity contribution is 6.35. The number of nitrogens with two attached hydrogens (primary N) is 1. The molecule has 4 aromatic rings. The van der Waals surface area contributed by atoms with Crippen LogP contribution in [0.25, 0.3) is 16.6 Å². The Balaban J connectivity index is 0.000000448. The molecule has 1 aromatic carbocycles. The summed E-state index contributed by atoms with van der Waals surface area (Å²) in [6.45, 7) is 4.30. The van der Waals surface area contributed by atoms with Crippen molar-refractivity contribution in [2.24, 2.45) is 0 Å². The first kappa shape index (κ1) is 28.0. The fourth-order valence-electron chi connectivity index (χ4n) is 4.17. The maximum atomic E-state index is 13.1. The summed E-state index contributed by atoms with van der Waals surface area (Å²) in [5.74, 6) is -2.31. The number of ether oxygens (including phenoxy) is 1. The highest BCUT2D eigenvalue weighted by Crippen LogP contribution is 2.42. The van der Waals surface area contributed by atoms with Crippen molar-refractivity contribution in [3.8, 4) is 5.75 Å². The van der Waals surface area contributed by atoms with Crippen LogP contribution in [-0.4, -0.2) is 54.1 Å². The summed E-state index contributed by atoms with van der Waals surface area (Å²) >= 11 is 6.63. The number of nitrogens with zero attached hydrogens (tertiary/aromatic N) is 5. The van der Waals surface area contributed by atoms with Crippen LogP contribution in [0.4, 0.5) is 19.0 Å². The van der Waals surface area contributed by atoms with E-state index in [0.717, 1.165) is 29.3 Å². The van der Waals surface area contributed by atoms with Crippen molar-refractivity contribution >= 4 is 45.8 Å². The van der Waals surface area contributed by atoms with E-state index in [1.165, 1.54) is 10.9 Å². The molecule has 15 heteroatoms. The molecule has 0 saturated heterocycles. The van der Waals surface area contributed by atoms with Gasteiger partial charge in [0.15, 0.2) is 17.2 Å². The third-order valence-corrected chi connectivity index (χ3v) is 6.54. The van der Waals surface area contributed by atoms with Crippen molar-refractivity contribution in [3.05, 3.63) is 46.9 Å². The molecule has 1 fully saturated rings. The number of carbonyl (C=O) groups is 2. The van der Waals surface area contributed by atoms with Crippen molar-refractivity contribution in [1.29, 1.82) is 0 Å². The van der Waals surface area contributed by atoms with Crippen molar-refractivity contribution in [2.45, 2.75) is 51.4 Å². The molecule has 1 unspecified atom stereocenters. The molecule has 1 aliphatic rings. The minimum atomic E-state index is -5.08. The highest BCUT2D eigenvalue weighted by atomic mass is 35.5. The number of carboxylic acids is 1. The lowest BCUT2D eigenvalue weighted by Gasteiger charge is -2.28. The number of amides is 1. The number of carboxylic acid groups (broad SMARTS) is 1. The van der Waals surface area contributed by atoms with Gasteiger partial charge in [0.2, 0.25) is 0 Å². The van der Waals surface area contributed by atoms with E-state index < -0.39 is 18.2 Å². The molecule has 208 valence electrons. The van der Waals surface area contributed by atoms with E-state index in [1.54, 1.807) is 24.7 Å². The van der Waals surface area contributed by atoms with Crippen LogP contribution in [0, 0.1) is 0 Å². The fraction of sp³-hybridized carbons (Fsp3) is 0.375. The van der Waals surface area contributed by atoms with Gasteiger partial charge in [0.25, 0.3) is 5.91 Å². The molecule has 39 heavy (non-hydrogen) atoms. The van der Waals surface area contributed by atoms with Gasteiger partial charge in [-0.1, -0.05) is 11.6 Å². The Kier molecular flexibility index (Phi) is 7.86. The number of carbonyl (C=O) groups excluding carboxylic acids is 1. The zero-order valence-electron chi connectivity index (χ0n) is 20.9. The fourth-order valence-corrected chi connectivity index (χ4v) is 4.43. The Bertz CT molecular complexity index is 1530. The molecular weight excluding hydrogens is 543 g/mol. The summed E-state index contributed by atoms with van der Waals surface area (Å²) in [7, 11) is 0. The SMILES string of the molecule is CCOc1c(C(C)NC(=O)c2c(N)nn3cccnc23)cc(Cl)c2cnn(C3CCC3)c12.O=C(O)C(F)(F)F. The molecule has 0 radical (unpaired) electrons. The quantitative estimate of drug-likeness (QED) is 0.307. The zero-order valence-corrected chi connectivity index (χ0v) is 21.6. The molecule has 3 heterocycles. The lowest BCUT2D eigenvalue weighted by molar-refractivity contribution is -0.192.